The number of halogens is 1. The van der Waals surface area contributed by atoms with E-state index in [9.17, 15) is 4.79 Å². The van der Waals surface area contributed by atoms with Gasteiger partial charge in [-0.05, 0) is 24.4 Å². The Balaban J connectivity index is 0.00000180. The van der Waals surface area contributed by atoms with E-state index in [4.69, 9.17) is 0 Å². The van der Waals surface area contributed by atoms with Crippen molar-refractivity contribution in [1.29, 1.82) is 0 Å². The van der Waals surface area contributed by atoms with Crippen LogP contribution in [-0.2, 0) is 4.79 Å². The Morgan fingerprint density at radius 3 is 2.74 bits per heavy atom. The van der Waals surface area contributed by atoms with E-state index in [2.05, 4.69) is 24.4 Å². The van der Waals surface area contributed by atoms with Gasteiger partial charge in [0.15, 0.2) is 0 Å². The minimum absolute atomic E-state index is 0. The maximum atomic E-state index is 12.2. The lowest BCUT2D eigenvalue weighted by molar-refractivity contribution is -0.131. The SMILES string of the molecule is CC(CC(=O)N1CCCNCC1)c1ccccc1.Cl. The van der Waals surface area contributed by atoms with E-state index in [0.717, 1.165) is 32.6 Å². The van der Waals surface area contributed by atoms with Gasteiger partial charge >= 0.3 is 0 Å². The van der Waals surface area contributed by atoms with Crippen LogP contribution < -0.4 is 5.32 Å². The van der Waals surface area contributed by atoms with E-state index < -0.39 is 0 Å². The first-order chi connectivity index (χ1) is 8.77. The van der Waals surface area contributed by atoms with E-state index in [1.54, 1.807) is 0 Å². The number of carbonyl (C=O) groups is 1. The Kier molecular flexibility index (Phi) is 6.89. The van der Waals surface area contributed by atoms with Crippen molar-refractivity contribution in [2.75, 3.05) is 26.2 Å². The molecule has 1 aliphatic heterocycles. The monoisotopic (exact) mass is 282 g/mol. The third-order valence-electron chi connectivity index (χ3n) is 3.54. The summed E-state index contributed by atoms with van der Waals surface area (Å²) in [5.74, 6) is 0.588. The molecule has 1 atom stereocenters. The topological polar surface area (TPSA) is 32.3 Å². The number of benzene rings is 1. The van der Waals surface area contributed by atoms with Crippen molar-refractivity contribution in [3.05, 3.63) is 35.9 Å². The summed E-state index contributed by atoms with van der Waals surface area (Å²) in [6.45, 7) is 5.82. The highest BCUT2D eigenvalue weighted by Gasteiger charge is 2.18. The van der Waals surface area contributed by atoms with E-state index in [1.807, 2.05) is 23.1 Å². The van der Waals surface area contributed by atoms with Gasteiger partial charge in [0.2, 0.25) is 5.91 Å². The molecule has 1 unspecified atom stereocenters. The van der Waals surface area contributed by atoms with E-state index in [-0.39, 0.29) is 18.3 Å². The second kappa shape index (κ2) is 8.18. The van der Waals surface area contributed by atoms with Crippen LogP contribution in [0.15, 0.2) is 30.3 Å². The molecule has 1 heterocycles. The van der Waals surface area contributed by atoms with Crippen LogP contribution in [0, 0.1) is 0 Å². The second-order valence-corrected chi connectivity index (χ2v) is 5.00. The zero-order valence-electron chi connectivity index (χ0n) is 11.5. The van der Waals surface area contributed by atoms with Gasteiger partial charge in [-0.25, -0.2) is 0 Å². The first-order valence-electron chi connectivity index (χ1n) is 6.81. The van der Waals surface area contributed by atoms with Crippen LogP contribution in [0.4, 0.5) is 0 Å². The molecule has 1 fully saturated rings. The van der Waals surface area contributed by atoms with E-state index in [0.29, 0.717) is 12.3 Å². The molecule has 1 saturated heterocycles. The van der Waals surface area contributed by atoms with E-state index >= 15 is 0 Å². The number of rotatable bonds is 3. The van der Waals surface area contributed by atoms with Crippen LogP contribution >= 0.6 is 12.4 Å². The molecular weight excluding hydrogens is 260 g/mol. The molecule has 1 N–H and O–H groups in total. The molecule has 0 bridgehead atoms. The van der Waals surface area contributed by atoms with Crippen LogP contribution in [0.25, 0.3) is 0 Å². The highest BCUT2D eigenvalue weighted by Crippen LogP contribution is 2.19. The van der Waals surface area contributed by atoms with Crippen molar-refractivity contribution >= 4 is 18.3 Å². The summed E-state index contributed by atoms with van der Waals surface area (Å²) in [5, 5.41) is 3.32. The van der Waals surface area contributed by atoms with Crippen LogP contribution in [-0.4, -0.2) is 37.0 Å². The largest absolute Gasteiger partial charge is 0.341 e. The van der Waals surface area contributed by atoms with Crippen LogP contribution in [0.2, 0.25) is 0 Å². The van der Waals surface area contributed by atoms with Crippen LogP contribution in [0.3, 0.4) is 0 Å². The molecule has 0 saturated carbocycles. The second-order valence-electron chi connectivity index (χ2n) is 5.00. The van der Waals surface area contributed by atoms with E-state index in [1.165, 1.54) is 5.56 Å². The lowest BCUT2D eigenvalue weighted by Gasteiger charge is -2.22. The molecule has 2 rings (SSSR count). The van der Waals surface area contributed by atoms with Crippen molar-refractivity contribution < 1.29 is 4.79 Å². The standard InChI is InChI=1S/C15H22N2O.ClH/c1-13(14-6-3-2-4-7-14)12-15(18)17-10-5-8-16-9-11-17;/h2-4,6-7,13,16H,5,8-12H2,1H3;1H. The lowest BCUT2D eigenvalue weighted by Crippen LogP contribution is -2.34. The minimum Gasteiger partial charge on any atom is -0.341 e. The predicted molar refractivity (Wildman–Crippen MR) is 80.8 cm³/mol. The maximum Gasteiger partial charge on any atom is 0.223 e. The fourth-order valence-corrected chi connectivity index (χ4v) is 2.39. The third kappa shape index (κ3) is 4.84. The molecule has 1 aromatic rings. The molecule has 0 aliphatic carbocycles. The molecule has 1 aromatic carbocycles. The summed E-state index contributed by atoms with van der Waals surface area (Å²) in [7, 11) is 0. The predicted octanol–water partition coefficient (Wildman–Crippen LogP) is 2.42. The Morgan fingerprint density at radius 1 is 1.26 bits per heavy atom. The van der Waals surface area contributed by atoms with Gasteiger partial charge in [-0.1, -0.05) is 37.3 Å². The molecule has 4 heteroatoms. The average molecular weight is 283 g/mol. The fraction of sp³-hybridized carbons (Fsp3) is 0.533. The molecule has 0 radical (unpaired) electrons. The number of carbonyl (C=O) groups excluding carboxylic acids is 1. The van der Waals surface area contributed by atoms with Gasteiger partial charge in [0.1, 0.15) is 0 Å². The van der Waals surface area contributed by atoms with Gasteiger partial charge in [0.25, 0.3) is 0 Å². The summed E-state index contributed by atoms with van der Waals surface area (Å²) < 4.78 is 0. The van der Waals surface area contributed by atoms with Crippen molar-refractivity contribution in [2.45, 2.75) is 25.7 Å². The molecule has 3 nitrogen and oxygen atoms in total. The zero-order chi connectivity index (χ0) is 12.8. The zero-order valence-corrected chi connectivity index (χ0v) is 12.3. The van der Waals surface area contributed by atoms with Gasteiger partial charge in [0.05, 0.1) is 0 Å². The number of hydrogen-bond acceptors (Lipinski definition) is 2. The number of nitrogens with zero attached hydrogens (tertiary/aromatic N) is 1. The normalized spacial score (nSPS) is 17.2. The molecule has 106 valence electrons. The van der Waals surface area contributed by atoms with Crippen molar-refractivity contribution in [3.8, 4) is 0 Å². The molecule has 19 heavy (non-hydrogen) atoms. The molecule has 1 amide bonds. The highest BCUT2D eigenvalue weighted by molar-refractivity contribution is 5.85. The smallest absolute Gasteiger partial charge is 0.223 e. The fourth-order valence-electron chi connectivity index (χ4n) is 2.39. The van der Waals surface area contributed by atoms with Crippen LogP contribution in [0.1, 0.15) is 31.2 Å². The molecule has 0 aromatic heterocycles. The van der Waals surface area contributed by atoms with Gasteiger partial charge in [0, 0.05) is 26.1 Å². The first kappa shape index (κ1) is 16.0. The van der Waals surface area contributed by atoms with Gasteiger partial charge in [-0.2, -0.15) is 0 Å². The van der Waals surface area contributed by atoms with Crippen molar-refractivity contribution in [3.63, 3.8) is 0 Å². The number of amides is 1. The first-order valence-corrected chi connectivity index (χ1v) is 6.81. The van der Waals surface area contributed by atoms with Crippen molar-refractivity contribution in [1.82, 2.24) is 10.2 Å². The molecular formula is C15H23ClN2O. The summed E-state index contributed by atoms with van der Waals surface area (Å²) in [6, 6.07) is 10.3. The molecule has 0 spiro atoms. The minimum atomic E-state index is 0. The van der Waals surface area contributed by atoms with Crippen molar-refractivity contribution in [2.24, 2.45) is 0 Å². The van der Waals surface area contributed by atoms with Gasteiger partial charge in [-0.15, -0.1) is 12.4 Å². The Morgan fingerprint density at radius 2 is 2.00 bits per heavy atom. The summed E-state index contributed by atoms with van der Waals surface area (Å²) >= 11 is 0. The third-order valence-corrected chi connectivity index (χ3v) is 3.54. The summed E-state index contributed by atoms with van der Waals surface area (Å²) in [6.07, 6.45) is 1.68. The van der Waals surface area contributed by atoms with Gasteiger partial charge in [-0.3, -0.25) is 4.79 Å². The number of nitrogens with one attached hydrogen (secondary N) is 1. The summed E-state index contributed by atoms with van der Waals surface area (Å²) in [4.78, 5) is 14.2. The quantitative estimate of drug-likeness (QED) is 0.923. The average Bonchev–Trinajstić information content (AvgIpc) is 2.68. The number of hydrogen-bond donors (Lipinski definition) is 1. The Hall–Kier alpha value is -1.06. The Labute approximate surface area is 121 Å². The van der Waals surface area contributed by atoms with Gasteiger partial charge < -0.3 is 10.2 Å². The lowest BCUT2D eigenvalue weighted by atomic mass is 9.97. The molecule has 1 aliphatic rings. The highest BCUT2D eigenvalue weighted by atomic mass is 35.5. The summed E-state index contributed by atoms with van der Waals surface area (Å²) in [5.41, 5.74) is 1.25. The van der Waals surface area contributed by atoms with Crippen LogP contribution in [0.5, 0.6) is 0 Å². The maximum absolute atomic E-state index is 12.2. The Bertz CT molecular complexity index is 375.